The van der Waals surface area contributed by atoms with E-state index >= 15 is 0 Å². The Balaban J connectivity index is 1.53. The normalized spacial score (nSPS) is 23.9. The minimum Gasteiger partial charge on any atom is -0.361 e. The van der Waals surface area contributed by atoms with Crippen molar-refractivity contribution in [2.45, 2.75) is 45.8 Å². The van der Waals surface area contributed by atoms with Gasteiger partial charge in [0.2, 0.25) is 5.91 Å². The van der Waals surface area contributed by atoms with Crippen molar-refractivity contribution in [3.05, 3.63) is 47.1 Å². The van der Waals surface area contributed by atoms with Gasteiger partial charge in [-0.3, -0.25) is 14.7 Å². The van der Waals surface area contributed by atoms with Crippen molar-refractivity contribution in [1.29, 1.82) is 0 Å². The molecule has 1 amide bonds. The molecular formula is C19H24N4O2. The monoisotopic (exact) mass is 340 g/mol. The Labute approximate surface area is 147 Å². The molecule has 0 saturated carbocycles. The Morgan fingerprint density at radius 2 is 1.96 bits per heavy atom. The molecule has 132 valence electrons. The Morgan fingerprint density at radius 1 is 1.16 bits per heavy atom. The lowest BCUT2D eigenvalue weighted by Crippen LogP contribution is -2.47. The van der Waals surface area contributed by atoms with Gasteiger partial charge in [0.1, 0.15) is 5.76 Å². The van der Waals surface area contributed by atoms with Crippen molar-refractivity contribution in [3.8, 4) is 0 Å². The molecule has 0 spiro atoms. The molecule has 0 aromatic carbocycles. The number of aryl methyl sites for hydroxylation is 2. The molecule has 0 aliphatic carbocycles. The maximum atomic E-state index is 13.0. The molecule has 0 unspecified atom stereocenters. The average Bonchev–Trinajstić information content (AvgIpc) is 2.77. The highest BCUT2D eigenvalue weighted by Gasteiger charge is 2.41. The first-order valence-electron chi connectivity index (χ1n) is 8.95. The number of carbonyl (C=O) groups is 1. The number of hydrogen-bond donors (Lipinski definition) is 0. The quantitative estimate of drug-likeness (QED) is 0.855. The smallest absolute Gasteiger partial charge is 0.227 e. The molecule has 0 radical (unpaired) electrons. The van der Waals surface area contributed by atoms with Crippen LogP contribution >= 0.6 is 0 Å². The Bertz CT molecular complexity index is 739. The van der Waals surface area contributed by atoms with Gasteiger partial charge in [0.05, 0.1) is 18.2 Å². The van der Waals surface area contributed by atoms with Crippen LogP contribution in [-0.2, 0) is 17.9 Å². The molecule has 2 aromatic rings. The zero-order valence-corrected chi connectivity index (χ0v) is 14.8. The summed E-state index contributed by atoms with van der Waals surface area (Å²) >= 11 is 0. The van der Waals surface area contributed by atoms with Gasteiger partial charge < -0.3 is 9.42 Å². The van der Waals surface area contributed by atoms with Crippen LogP contribution in [0, 0.1) is 19.8 Å². The second kappa shape index (κ2) is 6.59. The molecule has 2 bridgehead atoms. The lowest BCUT2D eigenvalue weighted by Gasteiger charge is -2.36. The van der Waals surface area contributed by atoms with Crippen LogP contribution in [0.4, 0.5) is 0 Å². The summed E-state index contributed by atoms with van der Waals surface area (Å²) in [6.07, 6.45) is 5.73. The van der Waals surface area contributed by atoms with E-state index in [0.717, 1.165) is 49.5 Å². The summed E-state index contributed by atoms with van der Waals surface area (Å²) in [6.45, 7) is 7.13. The summed E-state index contributed by atoms with van der Waals surface area (Å²) in [6, 6.07) is 4.37. The molecule has 5 heterocycles. The Kier molecular flexibility index (Phi) is 4.29. The van der Waals surface area contributed by atoms with E-state index in [1.807, 2.05) is 26.2 Å². The molecule has 0 N–H and O–H groups in total. The summed E-state index contributed by atoms with van der Waals surface area (Å²) in [4.78, 5) is 21.6. The standard InChI is InChI=1S/C19H24N4O2/c1-13-18(14(2)25-21-13)12-23-17-4-3-16(19(23)24)10-22(11-17)9-15-5-7-20-8-6-15/h5-8,16-17H,3-4,9-12H2,1-2H3/t16-,17+/m0/s1. The number of rotatable bonds is 4. The minimum atomic E-state index is 0.0982. The molecule has 25 heavy (non-hydrogen) atoms. The molecule has 3 aliphatic heterocycles. The highest BCUT2D eigenvalue weighted by Crippen LogP contribution is 2.32. The number of carbonyl (C=O) groups excluding carboxylic acids is 1. The number of aromatic nitrogens is 2. The highest BCUT2D eigenvalue weighted by atomic mass is 16.5. The Hall–Kier alpha value is -2.21. The lowest BCUT2D eigenvalue weighted by atomic mass is 9.93. The molecule has 3 fully saturated rings. The fourth-order valence-electron chi connectivity index (χ4n) is 4.11. The van der Waals surface area contributed by atoms with Gasteiger partial charge in [-0.2, -0.15) is 0 Å². The van der Waals surface area contributed by atoms with Gasteiger partial charge >= 0.3 is 0 Å². The van der Waals surface area contributed by atoms with Crippen LogP contribution in [-0.4, -0.2) is 45.0 Å². The first-order valence-corrected chi connectivity index (χ1v) is 8.95. The number of hydrogen-bond acceptors (Lipinski definition) is 5. The maximum absolute atomic E-state index is 13.0. The predicted molar refractivity (Wildman–Crippen MR) is 92.6 cm³/mol. The van der Waals surface area contributed by atoms with Crippen LogP contribution in [0.15, 0.2) is 29.0 Å². The van der Waals surface area contributed by atoms with Crippen molar-refractivity contribution in [3.63, 3.8) is 0 Å². The predicted octanol–water partition coefficient (Wildman–Crippen LogP) is 2.31. The molecule has 6 heteroatoms. The summed E-state index contributed by atoms with van der Waals surface area (Å²) in [7, 11) is 0. The molecule has 6 nitrogen and oxygen atoms in total. The minimum absolute atomic E-state index is 0.0982. The topological polar surface area (TPSA) is 62.5 Å². The van der Waals surface area contributed by atoms with Crippen LogP contribution in [0.25, 0.3) is 0 Å². The van der Waals surface area contributed by atoms with Crippen molar-refractivity contribution < 1.29 is 9.32 Å². The van der Waals surface area contributed by atoms with Crippen LogP contribution in [0.3, 0.4) is 0 Å². The van der Waals surface area contributed by atoms with Gasteiger partial charge in [-0.05, 0) is 44.4 Å². The van der Waals surface area contributed by atoms with Crippen LogP contribution in [0.5, 0.6) is 0 Å². The molecule has 5 rings (SSSR count). The maximum Gasteiger partial charge on any atom is 0.227 e. The van der Waals surface area contributed by atoms with Gasteiger partial charge in [-0.1, -0.05) is 5.16 Å². The molecule has 2 aromatic heterocycles. The van der Waals surface area contributed by atoms with Gasteiger partial charge in [0.25, 0.3) is 0 Å². The number of fused-ring (bicyclic) bond motifs is 4. The third-order valence-corrected chi connectivity index (χ3v) is 5.53. The van der Waals surface area contributed by atoms with Gasteiger partial charge in [-0.15, -0.1) is 0 Å². The third kappa shape index (κ3) is 3.18. The zero-order valence-electron chi connectivity index (χ0n) is 14.8. The van der Waals surface area contributed by atoms with Crippen molar-refractivity contribution in [2.75, 3.05) is 13.1 Å². The summed E-state index contributed by atoms with van der Waals surface area (Å²) in [5.41, 5.74) is 3.20. The first kappa shape index (κ1) is 16.3. The molecule has 3 saturated heterocycles. The van der Waals surface area contributed by atoms with E-state index in [-0.39, 0.29) is 17.9 Å². The van der Waals surface area contributed by atoms with E-state index in [1.165, 1.54) is 5.56 Å². The summed E-state index contributed by atoms with van der Waals surface area (Å²) in [5, 5.41) is 4.03. The van der Waals surface area contributed by atoms with E-state index < -0.39 is 0 Å². The number of pyridine rings is 1. The van der Waals surface area contributed by atoms with E-state index in [1.54, 1.807) is 0 Å². The summed E-state index contributed by atoms with van der Waals surface area (Å²) in [5.74, 6) is 1.20. The second-order valence-electron chi connectivity index (χ2n) is 7.25. The fourth-order valence-corrected chi connectivity index (χ4v) is 4.11. The third-order valence-electron chi connectivity index (χ3n) is 5.53. The molecule has 2 atom stereocenters. The average molecular weight is 340 g/mol. The van der Waals surface area contributed by atoms with E-state index in [4.69, 9.17) is 4.52 Å². The molecule has 3 aliphatic rings. The van der Waals surface area contributed by atoms with Gasteiger partial charge in [0.15, 0.2) is 0 Å². The van der Waals surface area contributed by atoms with Gasteiger partial charge in [0, 0.05) is 43.6 Å². The molecular weight excluding hydrogens is 316 g/mol. The number of nitrogens with zero attached hydrogens (tertiary/aromatic N) is 4. The fraction of sp³-hybridized carbons (Fsp3) is 0.526. The van der Waals surface area contributed by atoms with Crippen LogP contribution < -0.4 is 0 Å². The highest BCUT2D eigenvalue weighted by molar-refractivity contribution is 5.80. The van der Waals surface area contributed by atoms with Crippen LogP contribution in [0.2, 0.25) is 0 Å². The number of amides is 1. The number of piperidine rings is 1. The zero-order chi connectivity index (χ0) is 17.4. The Morgan fingerprint density at radius 3 is 2.68 bits per heavy atom. The lowest BCUT2D eigenvalue weighted by molar-refractivity contribution is -0.140. The SMILES string of the molecule is Cc1noc(C)c1CN1C(=O)[C@H]2CC[C@@H]1CN(Cc1ccncc1)C2. The van der Waals surface area contributed by atoms with E-state index in [2.05, 4.69) is 32.1 Å². The largest absolute Gasteiger partial charge is 0.361 e. The van der Waals surface area contributed by atoms with Crippen molar-refractivity contribution >= 4 is 5.91 Å². The van der Waals surface area contributed by atoms with Crippen LogP contribution in [0.1, 0.15) is 35.4 Å². The first-order chi connectivity index (χ1) is 12.1. The van der Waals surface area contributed by atoms with Crippen molar-refractivity contribution in [1.82, 2.24) is 19.9 Å². The summed E-state index contributed by atoms with van der Waals surface area (Å²) < 4.78 is 5.28. The van der Waals surface area contributed by atoms with E-state index in [0.29, 0.717) is 6.54 Å². The van der Waals surface area contributed by atoms with Gasteiger partial charge in [-0.25, -0.2) is 0 Å². The van der Waals surface area contributed by atoms with Crippen molar-refractivity contribution in [2.24, 2.45) is 5.92 Å². The second-order valence-corrected chi connectivity index (χ2v) is 7.25. The van der Waals surface area contributed by atoms with E-state index in [9.17, 15) is 4.79 Å².